The van der Waals surface area contributed by atoms with Crippen molar-refractivity contribution < 1.29 is 19.1 Å². The fourth-order valence-electron chi connectivity index (χ4n) is 2.92. The molecule has 0 aliphatic heterocycles. The van der Waals surface area contributed by atoms with Crippen molar-refractivity contribution in [2.75, 3.05) is 11.1 Å². The van der Waals surface area contributed by atoms with Crippen molar-refractivity contribution in [2.45, 2.75) is 13.1 Å². The van der Waals surface area contributed by atoms with Crippen LogP contribution in [0, 0.1) is 5.82 Å². The van der Waals surface area contributed by atoms with Gasteiger partial charge in [0.05, 0.1) is 0 Å². The molecule has 0 aliphatic carbocycles. The van der Waals surface area contributed by atoms with E-state index in [4.69, 9.17) is 5.73 Å². The molecule has 0 spiro atoms. The number of nitrogens with zero attached hydrogens (tertiary/aromatic N) is 5. The van der Waals surface area contributed by atoms with Crippen LogP contribution in [0.5, 0.6) is 0 Å². The third-order valence-corrected chi connectivity index (χ3v) is 4.59. The zero-order valence-electron chi connectivity index (χ0n) is 16.0. The van der Waals surface area contributed by atoms with Crippen LogP contribution in [0.4, 0.5) is 15.8 Å². The van der Waals surface area contributed by atoms with Crippen LogP contribution >= 0.6 is 0 Å². The number of carboxylic acid groups (broad SMARTS) is 1. The summed E-state index contributed by atoms with van der Waals surface area (Å²) in [5.41, 5.74) is 3.73. The maximum Gasteiger partial charge on any atom is 0.354 e. The van der Waals surface area contributed by atoms with E-state index in [0.29, 0.717) is 5.56 Å². The fraction of sp³-hybridized carbons (Fsp3) is 0.111. The number of nitrogens with two attached hydrogens (primary N) is 1. The molecule has 2 aromatic heterocycles. The highest BCUT2D eigenvalue weighted by Gasteiger charge is 2.19. The molecular weight excluding hydrogens is 427 g/mol. The first-order chi connectivity index (χ1) is 15.3. The van der Waals surface area contributed by atoms with Gasteiger partial charge in [0.15, 0.2) is 5.69 Å². The number of hydrogen-bond donors (Lipinski definition) is 4. The molecule has 0 aliphatic rings. The average Bonchev–Trinajstić information content (AvgIpc) is 3.26. The molecule has 0 bridgehead atoms. The van der Waals surface area contributed by atoms with E-state index >= 15 is 0 Å². The highest BCUT2D eigenvalue weighted by molar-refractivity contribution is 5.95. The van der Waals surface area contributed by atoms with E-state index in [-0.39, 0.29) is 47.2 Å². The zero-order valence-corrected chi connectivity index (χ0v) is 16.0. The number of aromatic carboxylic acids is 1. The van der Waals surface area contributed by atoms with Crippen molar-refractivity contribution in [3.63, 3.8) is 0 Å². The first-order valence-corrected chi connectivity index (χ1v) is 8.97. The van der Waals surface area contributed by atoms with Crippen LogP contribution in [0.2, 0.25) is 0 Å². The Labute approximate surface area is 176 Å². The third kappa shape index (κ3) is 3.60. The van der Waals surface area contributed by atoms with Crippen molar-refractivity contribution in [1.29, 1.82) is 0 Å². The number of tetrazole rings is 1. The Bertz CT molecular complexity index is 1460. The number of nitrogen functional groups attached to an aromatic ring is 1. The molecule has 0 fully saturated rings. The van der Waals surface area contributed by atoms with E-state index in [1.807, 2.05) is 0 Å². The molecule has 0 saturated heterocycles. The smallest absolute Gasteiger partial charge is 0.354 e. The van der Waals surface area contributed by atoms with E-state index in [1.54, 1.807) is 0 Å². The highest BCUT2D eigenvalue weighted by atomic mass is 19.1. The number of halogens is 1. The number of anilines is 2. The van der Waals surface area contributed by atoms with Crippen LogP contribution in [0.15, 0.2) is 33.9 Å². The minimum absolute atomic E-state index is 0.0332. The first kappa shape index (κ1) is 20.5. The number of amides is 1. The summed E-state index contributed by atoms with van der Waals surface area (Å²) in [7, 11) is 0. The Morgan fingerprint density at radius 3 is 2.66 bits per heavy atom. The summed E-state index contributed by atoms with van der Waals surface area (Å²) in [6, 6.07) is 5.09. The highest BCUT2D eigenvalue weighted by Crippen LogP contribution is 2.15. The second-order valence-corrected chi connectivity index (χ2v) is 6.63. The SMILES string of the molecule is Nc1c(NCc2cc(CNC(=O)c3cc(C(=O)O)n4nnnc4n3)ccc2F)c(=O)c1=O. The Kier molecular flexibility index (Phi) is 5.02. The van der Waals surface area contributed by atoms with Gasteiger partial charge in [-0.15, -0.1) is 0 Å². The topological polar surface area (TPSA) is 195 Å². The first-order valence-electron chi connectivity index (χ1n) is 8.97. The van der Waals surface area contributed by atoms with Gasteiger partial charge in [0.25, 0.3) is 22.5 Å². The van der Waals surface area contributed by atoms with Gasteiger partial charge in [-0.2, -0.15) is 4.52 Å². The molecule has 4 rings (SSSR count). The normalized spacial score (nSPS) is 11.0. The standard InChI is InChI=1S/C18H13FN8O5/c19-9-2-1-7(3-8(9)6-21-13-12(20)14(28)15(13)29)5-22-16(30)10-4-11(17(31)32)27-18(23-10)24-25-26-27/h1-4,21H,5-6,20H2,(H,22,30)(H,31,32). The third-order valence-electron chi connectivity index (χ3n) is 4.59. The van der Waals surface area contributed by atoms with Gasteiger partial charge < -0.3 is 21.5 Å². The van der Waals surface area contributed by atoms with Gasteiger partial charge in [-0.05, 0) is 28.1 Å². The van der Waals surface area contributed by atoms with Gasteiger partial charge in [0, 0.05) is 24.7 Å². The number of carboxylic acids is 1. The second kappa shape index (κ2) is 7.82. The van der Waals surface area contributed by atoms with E-state index in [1.165, 1.54) is 18.2 Å². The lowest BCUT2D eigenvalue weighted by Crippen LogP contribution is -2.37. The zero-order chi connectivity index (χ0) is 23.0. The lowest BCUT2D eigenvalue weighted by atomic mass is 10.1. The summed E-state index contributed by atoms with van der Waals surface area (Å²) in [6.45, 7) is -0.142. The van der Waals surface area contributed by atoms with Gasteiger partial charge in [0.2, 0.25) is 0 Å². The molecule has 1 amide bonds. The number of hydrogen-bond acceptors (Lipinski definition) is 10. The number of carbonyl (C=O) groups excluding carboxylic acids is 1. The number of rotatable bonds is 7. The monoisotopic (exact) mass is 440 g/mol. The number of benzene rings is 1. The number of nitrogens with one attached hydrogen (secondary N) is 2. The van der Waals surface area contributed by atoms with Crippen LogP contribution in [-0.4, -0.2) is 42.0 Å². The summed E-state index contributed by atoms with van der Waals surface area (Å²) in [6.07, 6.45) is 0. The van der Waals surface area contributed by atoms with Gasteiger partial charge >= 0.3 is 5.97 Å². The average molecular weight is 440 g/mol. The number of fused-ring (bicyclic) bond motifs is 1. The Morgan fingerprint density at radius 2 is 1.94 bits per heavy atom. The van der Waals surface area contributed by atoms with Crippen molar-refractivity contribution in [2.24, 2.45) is 0 Å². The second-order valence-electron chi connectivity index (χ2n) is 6.63. The molecule has 0 saturated carbocycles. The molecule has 0 atom stereocenters. The molecule has 2 aromatic carbocycles. The Morgan fingerprint density at radius 1 is 1.16 bits per heavy atom. The van der Waals surface area contributed by atoms with E-state index < -0.39 is 28.6 Å². The van der Waals surface area contributed by atoms with Crippen molar-refractivity contribution in [3.8, 4) is 0 Å². The maximum absolute atomic E-state index is 14.1. The van der Waals surface area contributed by atoms with Crippen molar-refractivity contribution in [3.05, 3.63) is 73.0 Å². The molecule has 0 radical (unpaired) electrons. The summed E-state index contributed by atoms with van der Waals surface area (Å²) in [4.78, 5) is 50.3. The molecule has 2 heterocycles. The van der Waals surface area contributed by atoms with E-state index in [9.17, 15) is 28.7 Å². The molecule has 0 unspecified atom stereocenters. The quantitative estimate of drug-likeness (QED) is 0.259. The minimum atomic E-state index is -1.35. The minimum Gasteiger partial charge on any atom is -0.477 e. The van der Waals surface area contributed by atoms with Gasteiger partial charge in [-0.1, -0.05) is 11.2 Å². The van der Waals surface area contributed by atoms with Crippen molar-refractivity contribution >= 4 is 29.0 Å². The van der Waals surface area contributed by atoms with Gasteiger partial charge in [0.1, 0.15) is 22.9 Å². The molecule has 14 heteroatoms. The van der Waals surface area contributed by atoms with Gasteiger partial charge in [-0.25, -0.2) is 14.2 Å². The van der Waals surface area contributed by atoms with Gasteiger partial charge in [-0.3, -0.25) is 14.4 Å². The van der Waals surface area contributed by atoms with E-state index in [0.717, 1.165) is 10.6 Å². The lowest BCUT2D eigenvalue weighted by molar-refractivity contribution is 0.0687. The van der Waals surface area contributed by atoms with Crippen LogP contribution < -0.4 is 27.2 Å². The van der Waals surface area contributed by atoms with Crippen LogP contribution in [0.3, 0.4) is 0 Å². The fourth-order valence-corrected chi connectivity index (χ4v) is 2.92. The maximum atomic E-state index is 14.1. The molecule has 5 N–H and O–H groups in total. The molecule has 13 nitrogen and oxygen atoms in total. The van der Waals surface area contributed by atoms with Crippen LogP contribution in [0.1, 0.15) is 32.1 Å². The largest absolute Gasteiger partial charge is 0.477 e. The van der Waals surface area contributed by atoms with E-state index in [2.05, 4.69) is 31.1 Å². The summed E-state index contributed by atoms with van der Waals surface area (Å²) in [5, 5.41) is 24.8. The summed E-state index contributed by atoms with van der Waals surface area (Å²) in [5.74, 6) is -2.78. The van der Waals surface area contributed by atoms with Crippen LogP contribution in [0.25, 0.3) is 5.78 Å². The predicted octanol–water partition coefficient (Wildman–Crippen LogP) is -0.923. The molecule has 4 aromatic rings. The van der Waals surface area contributed by atoms with Crippen LogP contribution in [-0.2, 0) is 13.1 Å². The number of carbonyl (C=O) groups is 2. The summed E-state index contributed by atoms with van der Waals surface area (Å²) < 4.78 is 15.0. The molecule has 32 heavy (non-hydrogen) atoms. The molecular formula is C18H13FN8O5. The molecule has 162 valence electrons. The predicted molar refractivity (Wildman–Crippen MR) is 106 cm³/mol. The van der Waals surface area contributed by atoms with Crippen molar-refractivity contribution in [1.82, 2.24) is 30.3 Å². The Hall–Kier alpha value is -4.75. The Balaban J connectivity index is 1.47. The summed E-state index contributed by atoms with van der Waals surface area (Å²) >= 11 is 0. The lowest BCUT2D eigenvalue weighted by Gasteiger charge is -2.12. The number of aromatic nitrogens is 5.